The molecule has 1 unspecified atom stereocenters. The molecule has 0 saturated carbocycles. The van der Waals surface area contributed by atoms with E-state index in [1.54, 1.807) is 29.0 Å². The van der Waals surface area contributed by atoms with Crippen LogP contribution in [-0.2, 0) is 10.0 Å². The first-order chi connectivity index (χ1) is 7.93. The fourth-order valence-electron chi connectivity index (χ4n) is 1.29. The van der Waals surface area contributed by atoms with Crippen molar-refractivity contribution in [1.29, 1.82) is 0 Å². The molecule has 96 valence electrons. The highest BCUT2D eigenvalue weighted by Gasteiger charge is 2.23. The van der Waals surface area contributed by atoms with Crippen LogP contribution in [0.5, 0.6) is 0 Å². The van der Waals surface area contributed by atoms with E-state index < -0.39 is 15.8 Å². The van der Waals surface area contributed by atoms with Gasteiger partial charge >= 0.3 is 5.76 Å². The lowest BCUT2D eigenvalue weighted by molar-refractivity contribution is 0.232. The highest BCUT2D eigenvalue weighted by molar-refractivity contribution is 7.89. The van der Waals surface area contributed by atoms with E-state index in [9.17, 15) is 17.2 Å². The Morgan fingerprint density at radius 1 is 1.24 bits per heavy atom. The zero-order valence-corrected chi connectivity index (χ0v) is 9.83. The van der Waals surface area contributed by atoms with Gasteiger partial charge in [0.25, 0.3) is 10.0 Å². The number of hydrogen-bond donors (Lipinski definition) is 2. The summed E-state index contributed by atoms with van der Waals surface area (Å²) >= 11 is 0. The van der Waals surface area contributed by atoms with Gasteiger partial charge in [0, 0.05) is 12.6 Å². The molecule has 1 rings (SSSR count). The third-order valence-corrected chi connectivity index (χ3v) is 3.30. The van der Waals surface area contributed by atoms with E-state index in [-0.39, 0.29) is 19.0 Å². The molecule has 0 radical (unpaired) electrons. The molecule has 0 aliphatic carbocycles. The molecule has 4 nitrogen and oxygen atoms in total. The number of hydrogen-bond acceptors (Lipinski definition) is 3. The van der Waals surface area contributed by atoms with Crippen LogP contribution in [0.25, 0.3) is 0 Å². The highest BCUT2D eigenvalue weighted by Crippen LogP contribution is 2.12. The number of halogens is 2. The molecule has 0 amide bonds. The predicted octanol–water partition coefficient (Wildman–Crippen LogP) is 1.22. The summed E-state index contributed by atoms with van der Waals surface area (Å²) < 4.78 is 47.3. The van der Waals surface area contributed by atoms with Crippen LogP contribution in [0, 0.1) is 0 Å². The number of alkyl halides is 2. The summed E-state index contributed by atoms with van der Waals surface area (Å²) in [7, 11) is -4.51. The third-order valence-electron chi connectivity index (χ3n) is 2.22. The van der Waals surface area contributed by atoms with Gasteiger partial charge in [-0.3, -0.25) is 0 Å². The number of rotatable bonds is 6. The van der Waals surface area contributed by atoms with Crippen LogP contribution in [0.15, 0.2) is 30.3 Å². The van der Waals surface area contributed by atoms with Crippen molar-refractivity contribution in [1.82, 2.24) is 4.72 Å². The highest BCUT2D eigenvalue weighted by atomic mass is 32.2. The summed E-state index contributed by atoms with van der Waals surface area (Å²) in [4.78, 5) is 0. The quantitative estimate of drug-likeness (QED) is 0.811. The minimum absolute atomic E-state index is 0.108. The average Bonchev–Trinajstić information content (AvgIpc) is 2.29. The molecular formula is C10H14F2N2O2S. The molecule has 0 heterocycles. The van der Waals surface area contributed by atoms with Crippen molar-refractivity contribution in [3.8, 4) is 0 Å². The Morgan fingerprint density at radius 2 is 1.82 bits per heavy atom. The second-order valence-electron chi connectivity index (χ2n) is 3.51. The molecule has 17 heavy (non-hydrogen) atoms. The molecule has 0 fully saturated rings. The van der Waals surface area contributed by atoms with Gasteiger partial charge in [-0.25, -0.2) is 13.1 Å². The first kappa shape index (κ1) is 14.0. The van der Waals surface area contributed by atoms with Gasteiger partial charge in [0.05, 0.1) is 0 Å². The summed E-state index contributed by atoms with van der Waals surface area (Å²) in [5.74, 6) is -3.41. The fourth-order valence-corrected chi connectivity index (χ4v) is 1.81. The Bertz CT molecular complexity index is 437. The molecule has 1 aromatic carbocycles. The van der Waals surface area contributed by atoms with Crippen molar-refractivity contribution in [2.24, 2.45) is 5.73 Å². The maximum Gasteiger partial charge on any atom is 0.350 e. The van der Waals surface area contributed by atoms with Gasteiger partial charge in [-0.1, -0.05) is 30.3 Å². The van der Waals surface area contributed by atoms with Gasteiger partial charge in [-0.05, 0) is 12.0 Å². The van der Waals surface area contributed by atoms with Crippen molar-refractivity contribution < 1.29 is 17.2 Å². The van der Waals surface area contributed by atoms with Crippen LogP contribution in [0.2, 0.25) is 0 Å². The van der Waals surface area contributed by atoms with Crippen LogP contribution < -0.4 is 10.5 Å². The summed E-state index contributed by atoms with van der Waals surface area (Å²) in [6.45, 7) is -0.108. The molecule has 7 heteroatoms. The monoisotopic (exact) mass is 264 g/mol. The zero-order chi connectivity index (χ0) is 12.9. The maximum absolute atomic E-state index is 12.0. The third kappa shape index (κ3) is 4.37. The summed E-state index contributed by atoms with van der Waals surface area (Å²) in [5, 5.41) is 0. The fraction of sp³-hybridized carbons (Fsp3) is 0.400. The average molecular weight is 264 g/mol. The van der Waals surface area contributed by atoms with Gasteiger partial charge in [-0.2, -0.15) is 8.78 Å². The lowest BCUT2D eigenvalue weighted by atomic mass is 10.1. The van der Waals surface area contributed by atoms with Crippen LogP contribution in [0.4, 0.5) is 8.78 Å². The number of sulfonamides is 1. The molecule has 1 aromatic rings. The van der Waals surface area contributed by atoms with E-state index in [2.05, 4.69) is 0 Å². The molecule has 0 spiro atoms. The summed E-state index contributed by atoms with van der Waals surface area (Å²) in [6, 6.07) is 8.65. The lowest BCUT2D eigenvalue weighted by Crippen LogP contribution is -2.31. The van der Waals surface area contributed by atoms with Gasteiger partial charge in [0.2, 0.25) is 0 Å². The Labute approximate surface area is 98.9 Å². The molecular weight excluding hydrogens is 250 g/mol. The Balaban J connectivity index is 2.43. The van der Waals surface area contributed by atoms with E-state index >= 15 is 0 Å². The largest absolute Gasteiger partial charge is 0.350 e. The second kappa shape index (κ2) is 6.04. The van der Waals surface area contributed by atoms with Crippen molar-refractivity contribution >= 4 is 10.0 Å². The van der Waals surface area contributed by atoms with Crippen molar-refractivity contribution in [3.05, 3.63) is 35.9 Å². The minimum Gasteiger partial charge on any atom is -0.324 e. The Hall–Kier alpha value is -1.05. The molecule has 0 aliphatic rings. The topological polar surface area (TPSA) is 72.2 Å². The second-order valence-corrected chi connectivity index (χ2v) is 5.24. The van der Waals surface area contributed by atoms with Crippen LogP contribution in [0.3, 0.4) is 0 Å². The molecule has 1 atom stereocenters. The van der Waals surface area contributed by atoms with E-state index in [1.807, 2.05) is 6.07 Å². The number of nitrogens with one attached hydrogen (secondary N) is 1. The summed E-state index contributed by atoms with van der Waals surface area (Å²) in [6.07, 6.45) is 0.260. The maximum atomic E-state index is 12.0. The van der Waals surface area contributed by atoms with Crippen molar-refractivity contribution in [2.45, 2.75) is 18.2 Å². The van der Waals surface area contributed by atoms with Crippen LogP contribution in [0.1, 0.15) is 18.0 Å². The Morgan fingerprint density at radius 3 is 2.35 bits per heavy atom. The lowest BCUT2D eigenvalue weighted by Gasteiger charge is -2.12. The van der Waals surface area contributed by atoms with E-state index in [4.69, 9.17) is 5.73 Å². The Kier molecular flexibility index (Phi) is 4.98. The van der Waals surface area contributed by atoms with Crippen LogP contribution >= 0.6 is 0 Å². The number of nitrogens with two attached hydrogens (primary N) is 1. The molecule has 3 N–H and O–H groups in total. The normalized spacial score (nSPS) is 13.9. The van der Waals surface area contributed by atoms with E-state index in [1.165, 1.54) is 0 Å². The molecule has 0 bridgehead atoms. The molecule has 0 aromatic heterocycles. The predicted molar refractivity (Wildman–Crippen MR) is 60.9 cm³/mol. The van der Waals surface area contributed by atoms with Gasteiger partial charge in [-0.15, -0.1) is 0 Å². The smallest absolute Gasteiger partial charge is 0.324 e. The SMILES string of the molecule is NC(CCNS(=O)(=O)C(F)F)c1ccccc1. The zero-order valence-electron chi connectivity index (χ0n) is 9.01. The van der Waals surface area contributed by atoms with E-state index in [0.29, 0.717) is 0 Å². The van der Waals surface area contributed by atoms with Gasteiger partial charge in [0.1, 0.15) is 0 Å². The molecule has 0 aliphatic heterocycles. The number of benzene rings is 1. The minimum atomic E-state index is -4.51. The van der Waals surface area contributed by atoms with Crippen molar-refractivity contribution in [3.63, 3.8) is 0 Å². The van der Waals surface area contributed by atoms with E-state index in [0.717, 1.165) is 5.56 Å². The van der Waals surface area contributed by atoms with Gasteiger partial charge in [0.15, 0.2) is 0 Å². The standard InChI is InChI=1S/C10H14F2N2O2S/c11-10(12)17(15,16)14-7-6-9(13)8-4-2-1-3-5-8/h1-5,9-10,14H,6-7,13H2. The van der Waals surface area contributed by atoms with Crippen molar-refractivity contribution in [2.75, 3.05) is 6.54 Å². The van der Waals surface area contributed by atoms with Gasteiger partial charge < -0.3 is 5.73 Å². The first-order valence-corrected chi connectivity index (χ1v) is 6.55. The summed E-state index contributed by atoms with van der Waals surface area (Å²) in [5.41, 5.74) is 6.61. The van der Waals surface area contributed by atoms with Crippen LogP contribution in [-0.4, -0.2) is 20.7 Å². The molecule has 0 saturated heterocycles. The first-order valence-electron chi connectivity index (χ1n) is 5.00.